The number of likely N-dealkylation sites (tertiary alicyclic amines) is 1. The highest BCUT2D eigenvalue weighted by atomic mass is 19.1. The second-order valence-electron chi connectivity index (χ2n) is 3.13. The average Bonchev–Trinajstić information content (AvgIpc) is 1.95. The predicted octanol–water partition coefficient (Wildman–Crippen LogP) is -0.780. The zero-order chi connectivity index (χ0) is 8.27. The molecule has 1 fully saturated rings. The van der Waals surface area contributed by atoms with Crippen molar-refractivity contribution in [3.8, 4) is 0 Å². The van der Waals surface area contributed by atoms with Crippen LogP contribution in [-0.2, 0) is 0 Å². The van der Waals surface area contributed by atoms with Crippen molar-refractivity contribution >= 4 is 0 Å². The van der Waals surface area contributed by atoms with E-state index in [4.69, 9.17) is 5.11 Å². The van der Waals surface area contributed by atoms with Crippen LogP contribution in [0.4, 0.5) is 4.39 Å². The summed E-state index contributed by atoms with van der Waals surface area (Å²) < 4.78 is 11.7. The van der Waals surface area contributed by atoms with E-state index in [0.717, 1.165) is 13.1 Å². The maximum Gasteiger partial charge on any atom is 0.117 e. The summed E-state index contributed by atoms with van der Waals surface area (Å²) in [5, 5.41) is 11.9. The lowest BCUT2D eigenvalue weighted by molar-refractivity contribution is 0.108. The van der Waals surface area contributed by atoms with E-state index in [-0.39, 0.29) is 0 Å². The van der Waals surface area contributed by atoms with Gasteiger partial charge in [0.2, 0.25) is 0 Å². The van der Waals surface area contributed by atoms with Gasteiger partial charge in [-0.2, -0.15) is 0 Å². The average molecular weight is 162 g/mol. The third-order valence-corrected chi connectivity index (χ3v) is 1.88. The third-order valence-electron chi connectivity index (χ3n) is 1.88. The van der Waals surface area contributed by atoms with Gasteiger partial charge < -0.3 is 15.3 Å². The highest BCUT2D eigenvalue weighted by molar-refractivity contribution is 4.83. The van der Waals surface area contributed by atoms with Gasteiger partial charge in [-0.1, -0.05) is 0 Å². The highest BCUT2D eigenvalue weighted by Crippen LogP contribution is 2.02. The van der Waals surface area contributed by atoms with Gasteiger partial charge in [0.05, 0.1) is 6.10 Å². The molecule has 0 saturated carbocycles. The fraction of sp³-hybridized carbons (Fsp3) is 1.00. The Labute approximate surface area is 66.2 Å². The van der Waals surface area contributed by atoms with Crippen molar-refractivity contribution in [3.63, 3.8) is 0 Å². The van der Waals surface area contributed by atoms with E-state index in [1.165, 1.54) is 0 Å². The minimum atomic E-state index is -0.832. The van der Waals surface area contributed by atoms with E-state index < -0.39 is 12.8 Å². The van der Waals surface area contributed by atoms with Crippen LogP contribution in [0.15, 0.2) is 0 Å². The summed E-state index contributed by atoms with van der Waals surface area (Å²) in [5.41, 5.74) is 0. The largest absolute Gasteiger partial charge is 0.389 e. The van der Waals surface area contributed by atoms with Crippen molar-refractivity contribution in [2.75, 3.05) is 33.4 Å². The zero-order valence-electron chi connectivity index (χ0n) is 6.76. The van der Waals surface area contributed by atoms with Gasteiger partial charge in [0.1, 0.15) is 6.67 Å². The van der Waals surface area contributed by atoms with Crippen LogP contribution in [0.5, 0.6) is 0 Å². The van der Waals surface area contributed by atoms with Crippen LogP contribution in [0.1, 0.15) is 0 Å². The Morgan fingerprint density at radius 2 is 2.36 bits per heavy atom. The molecule has 1 rings (SSSR count). The number of rotatable bonds is 4. The number of hydrogen-bond acceptors (Lipinski definition) is 3. The molecule has 4 heteroatoms. The molecule has 11 heavy (non-hydrogen) atoms. The quantitative estimate of drug-likeness (QED) is 0.569. The molecule has 0 aromatic heterocycles. The maximum atomic E-state index is 11.7. The minimum absolute atomic E-state index is 0.370. The molecule has 0 amide bonds. The van der Waals surface area contributed by atoms with Crippen molar-refractivity contribution in [2.24, 2.45) is 0 Å². The minimum Gasteiger partial charge on any atom is -0.389 e. The Balaban J connectivity index is 1.96. The number of aliphatic hydroxyl groups excluding tert-OH is 1. The Kier molecular flexibility index (Phi) is 3.23. The summed E-state index contributed by atoms with van der Waals surface area (Å²) in [6.45, 7) is 1.71. The van der Waals surface area contributed by atoms with Crippen molar-refractivity contribution in [1.82, 2.24) is 10.2 Å². The van der Waals surface area contributed by atoms with Gasteiger partial charge in [0.25, 0.3) is 0 Å². The normalized spacial score (nSPS) is 23.2. The SMILES string of the molecule is CN1CC(NCC(O)CF)C1. The Hall–Kier alpha value is -0.190. The molecular formula is C7H15FN2O. The first-order valence-electron chi connectivity index (χ1n) is 3.88. The van der Waals surface area contributed by atoms with E-state index in [1.54, 1.807) is 0 Å². The number of nitrogens with zero attached hydrogens (tertiary/aromatic N) is 1. The first kappa shape index (κ1) is 8.90. The molecule has 1 aliphatic rings. The summed E-state index contributed by atoms with van der Waals surface area (Å²) in [5.74, 6) is 0. The van der Waals surface area contributed by atoms with E-state index in [2.05, 4.69) is 10.2 Å². The molecular weight excluding hydrogens is 147 g/mol. The van der Waals surface area contributed by atoms with Crippen LogP contribution >= 0.6 is 0 Å². The maximum absolute atomic E-state index is 11.7. The molecule has 66 valence electrons. The summed E-state index contributed by atoms with van der Waals surface area (Å²) >= 11 is 0. The predicted molar refractivity (Wildman–Crippen MR) is 41.3 cm³/mol. The number of halogens is 1. The first-order valence-corrected chi connectivity index (χ1v) is 3.88. The molecule has 1 saturated heterocycles. The number of aliphatic hydroxyl groups is 1. The number of nitrogens with one attached hydrogen (secondary N) is 1. The van der Waals surface area contributed by atoms with Gasteiger partial charge >= 0.3 is 0 Å². The third kappa shape index (κ3) is 2.73. The standard InChI is InChI=1S/C7H15FN2O/c1-10-4-6(5-10)9-3-7(11)2-8/h6-7,9,11H,2-5H2,1H3. The lowest BCUT2D eigenvalue weighted by atomic mass is 10.1. The van der Waals surface area contributed by atoms with Crippen molar-refractivity contribution in [2.45, 2.75) is 12.1 Å². The van der Waals surface area contributed by atoms with E-state index in [0.29, 0.717) is 12.6 Å². The topological polar surface area (TPSA) is 35.5 Å². The van der Waals surface area contributed by atoms with Crippen molar-refractivity contribution in [3.05, 3.63) is 0 Å². The van der Waals surface area contributed by atoms with Crippen molar-refractivity contribution < 1.29 is 9.50 Å². The monoisotopic (exact) mass is 162 g/mol. The molecule has 0 spiro atoms. The second-order valence-corrected chi connectivity index (χ2v) is 3.13. The van der Waals surface area contributed by atoms with Crippen LogP contribution in [0, 0.1) is 0 Å². The van der Waals surface area contributed by atoms with E-state index >= 15 is 0 Å². The van der Waals surface area contributed by atoms with Gasteiger partial charge in [-0.15, -0.1) is 0 Å². The van der Waals surface area contributed by atoms with Gasteiger partial charge in [-0.25, -0.2) is 4.39 Å². The summed E-state index contributed by atoms with van der Waals surface area (Å²) in [7, 11) is 2.03. The molecule has 0 aromatic carbocycles. The molecule has 2 N–H and O–H groups in total. The Morgan fingerprint density at radius 3 is 2.82 bits per heavy atom. The van der Waals surface area contributed by atoms with Crippen LogP contribution in [0.2, 0.25) is 0 Å². The molecule has 0 radical (unpaired) electrons. The van der Waals surface area contributed by atoms with Crippen molar-refractivity contribution in [1.29, 1.82) is 0 Å². The lowest BCUT2D eigenvalue weighted by Crippen LogP contribution is -2.57. The molecule has 0 aromatic rings. The van der Waals surface area contributed by atoms with E-state index in [1.807, 2.05) is 7.05 Å². The number of alkyl halides is 1. The summed E-state index contributed by atoms with van der Waals surface area (Å²) in [6.07, 6.45) is -0.832. The van der Waals surface area contributed by atoms with Crippen LogP contribution < -0.4 is 5.32 Å². The summed E-state index contributed by atoms with van der Waals surface area (Å²) in [6, 6.07) is 0.446. The lowest BCUT2D eigenvalue weighted by Gasteiger charge is -2.37. The highest BCUT2D eigenvalue weighted by Gasteiger charge is 2.22. The van der Waals surface area contributed by atoms with Gasteiger partial charge in [-0.05, 0) is 7.05 Å². The fourth-order valence-electron chi connectivity index (χ4n) is 1.19. The molecule has 3 nitrogen and oxygen atoms in total. The van der Waals surface area contributed by atoms with Gasteiger partial charge in [0.15, 0.2) is 0 Å². The fourth-order valence-corrected chi connectivity index (χ4v) is 1.19. The second kappa shape index (κ2) is 3.99. The van der Waals surface area contributed by atoms with Gasteiger partial charge in [-0.3, -0.25) is 0 Å². The molecule has 1 aliphatic heterocycles. The van der Waals surface area contributed by atoms with Crippen LogP contribution in [-0.4, -0.2) is 55.5 Å². The smallest absolute Gasteiger partial charge is 0.117 e. The first-order chi connectivity index (χ1) is 5.22. The Morgan fingerprint density at radius 1 is 1.73 bits per heavy atom. The number of likely N-dealkylation sites (N-methyl/N-ethyl adjacent to an activating group) is 1. The van der Waals surface area contributed by atoms with E-state index in [9.17, 15) is 4.39 Å². The molecule has 0 bridgehead atoms. The Bertz CT molecular complexity index is 117. The zero-order valence-corrected chi connectivity index (χ0v) is 6.76. The number of hydrogen-bond donors (Lipinski definition) is 2. The van der Waals surface area contributed by atoms with Crippen LogP contribution in [0.3, 0.4) is 0 Å². The molecule has 1 unspecified atom stereocenters. The van der Waals surface area contributed by atoms with Gasteiger partial charge in [0, 0.05) is 25.7 Å². The van der Waals surface area contributed by atoms with Crippen LogP contribution in [0.25, 0.3) is 0 Å². The molecule has 1 atom stereocenters. The molecule has 1 heterocycles. The molecule has 0 aliphatic carbocycles. The summed E-state index contributed by atoms with van der Waals surface area (Å²) in [4.78, 5) is 2.17.